The molecule has 1 N–H and O–H groups in total. The van der Waals surface area contributed by atoms with E-state index in [2.05, 4.69) is 10.3 Å². The van der Waals surface area contributed by atoms with Crippen LogP contribution in [0.5, 0.6) is 0 Å². The summed E-state index contributed by atoms with van der Waals surface area (Å²) in [5.74, 6) is -0.713. The summed E-state index contributed by atoms with van der Waals surface area (Å²) in [6, 6.07) is 5.58. The Bertz CT molecular complexity index is 758. The van der Waals surface area contributed by atoms with Crippen LogP contribution >= 0.6 is 0 Å². The molecule has 0 saturated carbocycles. The number of nitro groups is 1. The van der Waals surface area contributed by atoms with Crippen molar-refractivity contribution in [1.82, 2.24) is 4.98 Å². The number of benzene rings is 1. The number of amides is 1. The summed E-state index contributed by atoms with van der Waals surface area (Å²) in [5.41, 5.74) is -0.645. The fourth-order valence-electron chi connectivity index (χ4n) is 1.75. The van der Waals surface area contributed by atoms with Crippen LogP contribution in [0.2, 0.25) is 0 Å². The Balaban J connectivity index is 2.22. The summed E-state index contributed by atoms with van der Waals surface area (Å²) < 4.78 is 37.2. The second-order valence-electron chi connectivity index (χ2n) is 4.64. The Kier molecular flexibility index (Phi) is 4.30. The summed E-state index contributed by atoms with van der Waals surface area (Å²) in [5, 5.41) is 13.1. The van der Waals surface area contributed by atoms with Gasteiger partial charge in [-0.3, -0.25) is 19.9 Å². The van der Waals surface area contributed by atoms with E-state index in [0.717, 1.165) is 12.3 Å². The summed E-state index contributed by atoms with van der Waals surface area (Å²) in [7, 11) is 0. The van der Waals surface area contributed by atoms with Gasteiger partial charge in [0.25, 0.3) is 11.6 Å². The Morgan fingerprint density at radius 3 is 2.48 bits per heavy atom. The SMILES string of the molecule is Cc1ccc([N+](=O)[O-])cc1NC(=O)c1ccc(C(F)(F)F)nc1. The van der Waals surface area contributed by atoms with E-state index in [9.17, 15) is 28.1 Å². The number of nitrogens with zero attached hydrogens (tertiary/aromatic N) is 2. The minimum Gasteiger partial charge on any atom is -0.321 e. The molecule has 0 unspecified atom stereocenters. The molecule has 1 amide bonds. The number of non-ortho nitro benzene ring substituents is 1. The van der Waals surface area contributed by atoms with Gasteiger partial charge in [0.2, 0.25) is 0 Å². The molecule has 0 aliphatic carbocycles. The van der Waals surface area contributed by atoms with Crippen LogP contribution < -0.4 is 5.32 Å². The van der Waals surface area contributed by atoms with Crippen molar-refractivity contribution < 1.29 is 22.9 Å². The average molecular weight is 325 g/mol. The quantitative estimate of drug-likeness (QED) is 0.690. The van der Waals surface area contributed by atoms with E-state index >= 15 is 0 Å². The number of rotatable bonds is 3. The van der Waals surface area contributed by atoms with Gasteiger partial charge in [-0.15, -0.1) is 0 Å². The Hall–Kier alpha value is -2.97. The molecule has 0 saturated heterocycles. The van der Waals surface area contributed by atoms with Gasteiger partial charge in [0, 0.05) is 18.3 Å². The highest BCUT2D eigenvalue weighted by Crippen LogP contribution is 2.27. The first-order valence-corrected chi connectivity index (χ1v) is 6.28. The fourth-order valence-corrected chi connectivity index (χ4v) is 1.75. The maximum Gasteiger partial charge on any atom is 0.433 e. The van der Waals surface area contributed by atoms with Gasteiger partial charge in [-0.05, 0) is 24.6 Å². The van der Waals surface area contributed by atoms with Gasteiger partial charge in [0.15, 0.2) is 0 Å². The lowest BCUT2D eigenvalue weighted by molar-refractivity contribution is -0.384. The Morgan fingerprint density at radius 2 is 1.96 bits per heavy atom. The van der Waals surface area contributed by atoms with Gasteiger partial charge in [-0.1, -0.05) is 6.07 Å². The molecule has 2 aromatic rings. The van der Waals surface area contributed by atoms with Crippen LogP contribution in [0, 0.1) is 17.0 Å². The normalized spacial score (nSPS) is 11.1. The molecule has 1 aromatic heterocycles. The highest BCUT2D eigenvalue weighted by molar-refractivity contribution is 6.04. The van der Waals surface area contributed by atoms with Crippen LogP contribution in [0.3, 0.4) is 0 Å². The number of nitro benzene ring substituents is 1. The number of carbonyl (C=O) groups is 1. The van der Waals surface area contributed by atoms with Gasteiger partial charge in [-0.2, -0.15) is 13.2 Å². The lowest BCUT2D eigenvalue weighted by Crippen LogP contribution is -2.15. The molecule has 2 rings (SSSR count). The predicted octanol–water partition coefficient (Wildman–Crippen LogP) is 3.57. The zero-order chi connectivity index (χ0) is 17.2. The molecule has 23 heavy (non-hydrogen) atoms. The van der Waals surface area contributed by atoms with Gasteiger partial charge >= 0.3 is 6.18 Å². The van der Waals surface area contributed by atoms with Crippen LogP contribution in [0.1, 0.15) is 21.6 Å². The maximum atomic E-state index is 12.4. The number of carbonyl (C=O) groups excluding carboxylic acids is 1. The van der Waals surface area contributed by atoms with Crippen LogP contribution in [0.15, 0.2) is 36.5 Å². The number of anilines is 1. The molecule has 0 fully saturated rings. The van der Waals surface area contributed by atoms with Crippen molar-refractivity contribution in [2.75, 3.05) is 5.32 Å². The van der Waals surface area contributed by atoms with E-state index in [1.807, 2.05) is 0 Å². The molecule has 0 aliphatic heterocycles. The second kappa shape index (κ2) is 6.03. The fraction of sp³-hybridized carbons (Fsp3) is 0.143. The smallest absolute Gasteiger partial charge is 0.321 e. The largest absolute Gasteiger partial charge is 0.433 e. The molecule has 1 heterocycles. The number of aromatic nitrogens is 1. The molecule has 6 nitrogen and oxygen atoms in total. The zero-order valence-electron chi connectivity index (χ0n) is 11.7. The third-order valence-corrected chi connectivity index (χ3v) is 3.00. The minimum absolute atomic E-state index is 0.0936. The second-order valence-corrected chi connectivity index (χ2v) is 4.64. The van der Waals surface area contributed by atoms with E-state index in [1.54, 1.807) is 6.92 Å². The molecular formula is C14H10F3N3O3. The third-order valence-electron chi connectivity index (χ3n) is 3.00. The molecule has 0 spiro atoms. The summed E-state index contributed by atoms with van der Waals surface area (Å²) in [4.78, 5) is 25.3. The van der Waals surface area contributed by atoms with Gasteiger partial charge in [-0.25, -0.2) is 0 Å². The van der Waals surface area contributed by atoms with Crippen molar-refractivity contribution in [3.05, 3.63) is 63.5 Å². The van der Waals surface area contributed by atoms with Crippen molar-refractivity contribution >= 4 is 17.3 Å². The maximum absolute atomic E-state index is 12.4. The van der Waals surface area contributed by atoms with Crippen molar-refractivity contribution in [3.8, 4) is 0 Å². The van der Waals surface area contributed by atoms with Crippen molar-refractivity contribution in [3.63, 3.8) is 0 Å². The van der Waals surface area contributed by atoms with E-state index in [4.69, 9.17) is 0 Å². The Morgan fingerprint density at radius 1 is 1.26 bits per heavy atom. The molecule has 0 atom stereocenters. The van der Waals surface area contributed by atoms with Crippen molar-refractivity contribution in [2.45, 2.75) is 13.1 Å². The highest BCUT2D eigenvalue weighted by Gasteiger charge is 2.32. The van der Waals surface area contributed by atoms with Crippen LogP contribution in [-0.2, 0) is 6.18 Å². The number of hydrogen-bond acceptors (Lipinski definition) is 4. The number of hydrogen-bond donors (Lipinski definition) is 1. The van der Waals surface area contributed by atoms with E-state index in [0.29, 0.717) is 11.6 Å². The molecule has 0 bridgehead atoms. The van der Waals surface area contributed by atoms with E-state index < -0.39 is 22.7 Å². The minimum atomic E-state index is -4.59. The molecule has 9 heteroatoms. The Labute approximate surface area is 128 Å². The standard InChI is InChI=1S/C14H10F3N3O3/c1-8-2-4-10(20(22)23)6-11(8)19-13(21)9-3-5-12(18-7-9)14(15,16)17/h2-7H,1H3,(H,19,21). The molecule has 1 aromatic carbocycles. The number of aryl methyl sites for hydroxylation is 1. The molecule has 0 aliphatic rings. The van der Waals surface area contributed by atoms with Gasteiger partial charge in [0.1, 0.15) is 5.69 Å². The van der Waals surface area contributed by atoms with Crippen LogP contribution in [0.25, 0.3) is 0 Å². The summed E-state index contributed by atoms with van der Waals surface area (Å²) >= 11 is 0. The number of alkyl halides is 3. The monoisotopic (exact) mass is 325 g/mol. The molecule has 0 radical (unpaired) electrons. The first kappa shape index (κ1) is 16.4. The highest BCUT2D eigenvalue weighted by atomic mass is 19.4. The summed E-state index contributed by atoms with van der Waals surface area (Å²) in [6.07, 6.45) is -3.80. The summed E-state index contributed by atoms with van der Waals surface area (Å²) in [6.45, 7) is 1.63. The molecule has 120 valence electrons. The van der Waals surface area contributed by atoms with Crippen molar-refractivity contribution in [2.24, 2.45) is 0 Å². The van der Waals surface area contributed by atoms with E-state index in [1.165, 1.54) is 18.2 Å². The predicted molar refractivity (Wildman–Crippen MR) is 75.0 cm³/mol. The number of halogens is 3. The lowest BCUT2D eigenvalue weighted by Gasteiger charge is -2.09. The average Bonchev–Trinajstić information content (AvgIpc) is 2.48. The zero-order valence-corrected chi connectivity index (χ0v) is 11.7. The first-order valence-electron chi connectivity index (χ1n) is 6.28. The first-order chi connectivity index (χ1) is 10.7. The number of pyridine rings is 1. The van der Waals surface area contributed by atoms with Gasteiger partial charge < -0.3 is 5.32 Å². The number of nitrogens with one attached hydrogen (secondary N) is 1. The molecular weight excluding hydrogens is 315 g/mol. The van der Waals surface area contributed by atoms with E-state index in [-0.39, 0.29) is 16.9 Å². The third kappa shape index (κ3) is 3.82. The van der Waals surface area contributed by atoms with Crippen LogP contribution in [0.4, 0.5) is 24.5 Å². The van der Waals surface area contributed by atoms with Crippen LogP contribution in [-0.4, -0.2) is 15.8 Å². The van der Waals surface area contributed by atoms with Gasteiger partial charge in [0.05, 0.1) is 16.2 Å². The van der Waals surface area contributed by atoms with Crippen molar-refractivity contribution in [1.29, 1.82) is 0 Å². The lowest BCUT2D eigenvalue weighted by atomic mass is 10.1. The topological polar surface area (TPSA) is 85.1 Å².